The van der Waals surface area contributed by atoms with Gasteiger partial charge in [-0.05, 0) is 35.4 Å². The van der Waals surface area contributed by atoms with Gasteiger partial charge in [-0.15, -0.1) is 0 Å². The summed E-state index contributed by atoms with van der Waals surface area (Å²) in [5.74, 6) is -0.449. The van der Waals surface area contributed by atoms with Crippen LogP contribution in [-0.4, -0.2) is 31.3 Å². The van der Waals surface area contributed by atoms with Gasteiger partial charge in [-0.1, -0.05) is 31.2 Å². The molecule has 1 N–H and O–H groups in total. The summed E-state index contributed by atoms with van der Waals surface area (Å²) in [6.07, 6.45) is 1.89. The summed E-state index contributed by atoms with van der Waals surface area (Å²) < 4.78 is 38.3. The van der Waals surface area contributed by atoms with Crippen molar-refractivity contribution in [3.05, 3.63) is 65.5 Å². The zero-order chi connectivity index (χ0) is 19.6. The summed E-state index contributed by atoms with van der Waals surface area (Å²) >= 11 is 0. The lowest BCUT2D eigenvalue weighted by Crippen LogP contribution is -2.26. The van der Waals surface area contributed by atoms with Crippen molar-refractivity contribution < 1.29 is 17.6 Å². The Morgan fingerprint density at radius 2 is 1.81 bits per heavy atom. The number of nitrogens with one attached hydrogen (secondary N) is 1. The van der Waals surface area contributed by atoms with E-state index in [9.17, 15) is 17.6 Å². The monoisotopic (exact) mass is 389 g/mol. The normalized spacial score (nSPS) is 16.9. The molecule has 6 nitrogen and oxygen atoms in total. The molecule has 1 aliphatic heterocycles. The molecule has 0 bridgehead atoms. The molecule has 2 aromatic carbocycles. The van der Waals surface area contributed by atoms with Crippen molar-refractivity contribution in [3.8, 4) is 0 Å². The molecule has 0 radical (unpaired) electrons. The number of hydrazone groups is 1. The molecule has 0 aliphatic carbocycles. The fraction of sp³-hybridized carbons (Fsp3) is 0.263. The Balaban J connectivity index is 1.87. The molecule has 1 heterocycles. The second kappa shape index (κ2) is 7.48. The first kappa shape index (κ1) is 19.0. The van der Waals surface area contributed by atoms with Crippen molar-refractivity contribution in [1.82, 2.24) is 5.01 Å². The van der Waals surface area contributed by atoms with Gasteiger partial charge in [0.05, 0.1) is 18.0 Å². The molecule has 1 amide bonds. The van der Waals surface area contributed by atoms with Crippen molar-refractivity contribution in [3.63, 3.8) is 0 Å². The molecule has 0 unspecified atom stereocenters. The van der Waals surface area contributed by atoms with Gasteiger partial charge < -0.3 is 0 Å². The Kier molecular flexibility index (Phi) is 5.27. The average Bonchev–Trinajstić information content (AvgIpc) is 3.06. The second-order valence-corrected chi connectivity index (χ2v) is 8.11. The molecule has 2 aromatic rings. The molecule has 1 atom stereocenters. The van der Waals surface area contributed by atoms with Crippen LogP contribution in [0.4, 0.5) is 10.1 Å². The van der Waals surface area contributed by atoms with Crippen LogP contribution in [0.25, 0.3) is 0 Å². The van der Waals surface area contributed by atoms with Crippen LogP contribution in [0.5, 0.6) is 0 Å². The first-order valence-corrected chi connectivity index (χ1v) is 10.4. The SMILES string of the molecule is CCC(=O)N1N=C(c2ccc(NS(C)(=O)=O)cc2)C[C@@H]1c1ccc(F)cc1. The summed E-state index contributed by atoms with van der Waals surface area (Å²) in [7, 11) is -3.34. The first-order valence-electron chi connectivity index (χ1n) is 8.50. The quantitative estimate of drug-likeness (QED) is 0.852. The van der Waals surface area contributed by atoms with Crippen LogP contribution >= 0.6 is 0 Å². The van der Waals surface area contributed by atoms with Crippen LogP contribution in [0.3, 0.4) is 0 Å². The second-order valence-electron chi connectivity index (χ2n) is 6.36. The first-order chi connectivity index (χ1) is 12.8. The van der Waals surface area contributed by atoms with Crippen molar-refractivity contribution in [2.24, 2.45) is 5.10 Å². The topological polar surface area (TPSA) is 78.8 Å². The highest BCUT2D eigenvalue weighted by molar-refractivity contribution is 7.92. The number of carbonyl (C=O) groups excluding carboxylic acids is 1. The van der Waals surface area contributed by atoms with E-state index in [1.807, 2.05) is 0 Å². The highest BCUT2D eigenvalue weighted by Gasteiger charge is 2.32. The lowest BCUT2D eigenvalue weighted by atomic mass is 9.98. The Morgan fingerprint density at radius 3 is 2.37 bits per heavy atom. The number of carbonyl (C=O) groups is 1. The van der Waals surface area contributed by atoms with Crippen LogP contribution in [0.15, 0.2) is 53.6 Å². The largest absolute Gasteiger partial charge is 0.284 e. The molecule has 8 heteroatoms. The van der Waals surface area contributed by atoms with Crippen molar-refractivity contribution in [2.75, 3.05) is 11.0 Å². The van der Waals surface area contributed by atoms with Crippen molar-refractivity contribution in [1.29, 1.82) is 0 Å². The number of hydrogen-bond acceptors (Lipinski definition) is 4. The summed E-state index contributed by atoms with van der Waals surface area (Å²) in [5.41, 5.74) is 2.79. The van der Waals surface area contributed by atoms with Crippen molar-refractivity contribution >= 4 is 27.3 Å². The summed E-state index contributed by atoms with van der Waals surface area (Å²) in [6.45, 7) is 1.77. The van der Waals surface area contributed by atoms with E-state index in [1.165, 1.54) is 17.1 Å². The minimum Gasteiger partial charge on any atom is -0.284 e. The minimum absolute atomic E-state index is 0.116. The Morgan fingerprint density at radius 1 is 1.19 bits per heavy atom. The highest BCUT2D eigenvalue weighted by Crippen LogP contribution is 2.33. The lowest BCUT2D eigenvalue weighted by Gasteiger charge is -2.21. The maximum atomic E-state index is 13.2. The third-order valence-electron chi connectivity index (χ3n) is 4.24. The highest BCUT2D eigenvalue weighted by atomic mass is 32.2. The van der Waals surface area contributed by atoms with Gasteiger partial charge in [-0.25, -0.2) is 17.8 Å². The maximum Gasteiger partial charge on any atom is 0.242 e. The number of halogens is 1. The van der Waals surface area contributed by atoms with E-state index in [1.54, 1.807) is 43.3 Å². The number of rotatable bonds is 5. The van der Waals surface area contributed by atoms with Gasteiger partial charge >= 0.3 is 0 Å². The maximum absolute atomic E-state index is 13.2. The molecular weight excluding hydrogens is 369 g/mol. The third-order valence-corrected chi connectivity index (χ3v) is 4.85. The fourth-order valence-electron chi connectivity index (χ4n) is 2.97. The molecule has 1 aliphatic rings. The Bertz CT molecular complexity index is 970. The van der Waals surface area contributed by atoms with E-state index in [-0.39, 0.29) is 17.8 Å². The van der Waals surface area contributed by atoms with E-state index >= 15 is 0 Å². The molecule has 0 saturated heterocycles. The number of amides is 1. The zero-order valence-corrected chi connectivity index (χ0v) is 15.8. The van der Waals surface area contributed by atoms with Gasteiger partial charge in [-0.2, -0.15) is 5.10 Å². The standard InChI is InChI=1S/C19H20FN3O3S/c1-3-19(24)23-18(14-4-8-15(20)9-5-14)12-17(21-23)13-6-10-16(11-7-13)22-27(2,25)26/h4-11,18,22H,3,12H2,1-2H3/t18-/m1/s1. The minimum atomic E-state index is -3.34. The van der Waals surface area contributed by atoms with Crippen LogP contribution in [0, 0.1) is 5.82 Å². The number of anilines is 1. The number of nitrogens with zero attached hydrogens (tertiary/aromatic N) is 2. The van der Waals surface area contributed by atoms with E-state index in [0.717, 1.165) is 23.1 Å². The van der Waals surface area contributed by atoms with Crippen molar-refractivity contribution in [2.45, 2.75) is 25.8 Å². The summed E-state index contributed by atoms with van der Waals surface area (Å²) in [4.78, 5) is 12.3. The number of sulfonamides is 1. The number of hydrogen-bond donors (Lipinski definition) is 1. The molecule has 142 valence electrons. The van der Waals surface area contributed by atoms with Gasteiger partial charge in [-0.3, -0.25) is 9.52 Å². The molecule has 0 spiro atoms. The summed E-state index contributed by atoms with van der Waals surface area (Å²) in [6, 6.07) is 12.6. The Labute approximate surface area is 157 Å². The predicted molar refractivity (Wildman–Crippen MR) is 102 cm³/mol. The van der Waals surface area contributed by atoms with Crippen LogP contribution < -0.4 is 4.72 Å². The van der Waals surface area contributed by atoms with Gasteiger partial charge in [0.1, 0.15) is 5.82 Å². The van der Waals surface area contributed by atoms with Gasteiger partial charge in [0.2, 0.25) is 15.9 Å². The Hall–Kier alpha value is -2.74. The van der Waals surface area contributed by atoms with E-state index in [4.69, 9.17) is 0 Å². The van der Waals surface area contributed by atoms with E-state index in [2.05, 4.69) is 9.82 Å². The molecular formula is C19H20FN3O3S. The number of benzene rings is 2. The van der Waals surface area contributed by atoms with Gasteiger partial charge in [0.25, 0.3) is 0 Å². The summed E-state index contributed by atoms with van der Waals surface area (Å²) in [5, 5.41) is 5.93. The van der Waals surface area contributed by atoms with Gasteiger partial charge in [0, 0.05) is 18.5 Å². The van der Waals surface area contributed by atoms with Gasteiger partial charge in [0.15, 0.2) is 0 Å². The fourth-order valence-corrected chi connectivity index (χ4v) is 3.53. The van der Waals surface area contributed by atoms with E-state index in [0.29, 0.717) is 18.5 Å². The molecule has 27 heavy (non-hydrogen) atoms. The molecule has 0 fully saturated rings. The third kappa shape index (κ3) is 4.51. The van der Waals surface area contributed by atoms with E-state index < -0.39 is 10.0 Å². The molecule has 0 aromatic heterocycles. The average molecular weight is 389 g/mol. The van der Waals surface area contributed by atoms with Crippen LogP contribution in [0.1, 0.15) is 36.9 Å². The predicted octanol–water partition coefficient (Wildman–Crippen LogP) is 3.28. The van der Waals surface area contributed by atoms with Crippen LogP contribution in [0.2, 0.25) is 0 Å². The lowest BCUT2D eigenvalue weighted by molar-refractivity contribution is -0.132. The molecule has 3 rings (SSSR count). The zero-order valence-electron chi connectivity index (χ0n) is 15.0. The molecule has 0 saturated carbocycles. The smallest absolute Gasteiger partial charge is 0.242 e. The van der Waals surface area contributed by atoms with Crippen LogP contribution in [-0.2, 0) is 14.8 Å².